The van der Waals surface area contributed by atoms with Gasteiger partial charge in [0.05, 0.1) is 0 Å². The van der Waals surface area contributed by atoms with Gasteiger partial charge in [-0.15, -0.1) is 0 Å². The van der Waals surface area contributed by atoms with Crippen molar-refractivity contribution < 1.29 is 9.53 Å². The van der Waals surface area contributed by atoms with Crippen molar-refractivity contribution in [3.8, 4) is 0 Å². The molecule has 0 aliphatic carbocycles. The molecule has 0 saturated carbocycles. The molecule has 0 spiro atoms. The Balaban J connectivity index is 2.54. The van der Waals surface area contributed by atoms with Crippen LogP contribution in [0, 0.1) is 0 Å². The number of hydrogen-bond acceptors (Lipinski definition) is 4. The van der Waals surface area contributed by atoms with Crippen LogP contribution in [0.5, 0.6) is 0 Å². The van der Waals surface area contributed by atoms with Crippen molar-refractivity contribution in [2.75, 3.05) is 5.73 Å². The third kappa shape index (κ3) is 2.74. The molecule has 4 heteroatoms. The molecule has 0 bridgehead atoms. The Hall–Kier alpha value is -1.58. The number of hydrogen-bond donors (Lipinski definition) is 1. The standard InChI is InChI=1S/C9H12N2O2/c1-2-8(12)13-6-7-4-3-5-11-9(7)10/h3-5H,2,6H2,1H3,(H2,10,11). The number of carbonyl (C=O) groups excluding carboxylic acids is 1. The number of nitrogens with zero attached hydrogens (tertiary/aromatic N) is 1. The second-order valence-electron chi connectivity index (χ2n) is 2.56. The highest BCUT2D eigenvalue weighted by Crippen LogP contribution is 2.08. The van der Waals surface area contributed by atoms with Gasteiger partial charge >= 0.3 is 5.97 Å². The van der Waals surface area contributed by atoms with Crippen molar-refractivity contribution in [1.29, 1.82) is 0 Å². The monoisotopic (exact) mass is 180 g/mol. The summed E-state index contributed by atoms with van der Waals surface area (Å²) in [6.07, 6.45) is 1.97. The Kier molecular flexibility index (Phi) is 3.25. The van der Waals surface area contributed by atoms with Gasteiger partial charge in [0.15, 0.2) is 0 Å². The van der Waals surface area contributed by atoms with Crippen LogP contribution in [0.2, 0.25) is 0 Å². The minimum Gasteiger partial charge on any atom is -0.461 e. The van der Waals surface area contributed by atoms with Gasteiger partial charge in [0.2, 0.25) is 0 Å². The van der Waals surface area contributed by atoms with E-state index in [-0.39, 0.29) is 12.6 Å². The molecule has 0 atom stereocenters. The predicted octanol–water partition coefficient (Wildman–Crippen LogP) is 1.12. The number of carbonyl (C=O) groups is 1. The summed E-state index contributed by atoms with van der Waals surface area (Å²) in [7, 11) is 0. The van der Waals surface area contributed by atoms with Crippen LogP contribution in [0.4, 0.5) is 5.82 Å². The molecule has 1 heterocycles. The average molecular weight is 180 g/mol. The number of pyridine rings is 1. The molecule has 4 nitrogen and oxygen atoms in total. The Morgan fingerprint density at radius 3 is 3.08 bits per heavy atom. The lowest BCUT2D eigenvalue weighted by molar-refractivity contribution is -0.144. The first-order valence-electron chi connectivity index (χ1n) is 4.09. The molecule has 0 aromatic carbocycles. The minimum atomic E-state index is -0.233. The molecule has 2 N–H and O–H groups in total. The van der Waals surface area contributed by atoms with E-state index in [1.54, 1.807) is 25.3 Å². The number of ether oxygens (including phenoxy) is 1. The first-order chi connectivity index (χ1) is 6.24. The SMILES string of the molecule is CCC(=O)OCc1cccnc1N. The van der Waals surface area contributed by atoms with Gasteiger partial charge in [0.25, 0.3) is 0 Å². The first-order valence-corrected chi connectivity index (χ1v) is 4.09. The molecule has 70 valence electrons. The Labute approximate surface area is 76.7 Å². The van der Waals surface area contributed by atoms with Crippen LogP contribution in [0.3, 0.4) is 0 Å². The lowest BCUT2D eigenvalue weighted by Gasteiger charge is -2.04. The maximum Gasteiger partial charge on any atom is 0.305 e. The van der Waals surface area contributed by atoms with E-state index < -0.39 is 0 Å². The average Bonchev–Trinajstić information content (AvgIpc) is 2.16. The largest absolute Gasteiger partial charge is 0.461 e. The second kappa shape index (κ2) is 4.45. The number of nitrogen functional groups attached to an aromatic ring is 1. The highest BCUT2D eigenvalue weighted by molar-refractivity contribution is 5.69. The predicted molar refractivity (Wildman–Crippen MR) is 48.7 cm³/mol. The fraction of sp³-hybridized carbons (Fsp3) is 0.333. The quantitative estimate of drug-likeness (QED) is 0.708. The van der Waals surface area contributed by atoms with Crippen molar-refractivity contribution in [1.82, 2.24) is 4.98 Å². The molecule has 13 heavy (non-hydrogen) atoms. The summed E-state index contributed by atoms with van der Waals surface area (Å²) in [6, 6.07) is 3.54. The van der Waals surface area contributed by atoms with Gasteiger partial charge in [-0.3, -0.25) is 4.79 Å². The van der Waals surface area contributed by atoms with Crippen molar-refractivity contribution >= 4 is 11.8 Å². The summed E-state index contributed by atoms with van der Waals surface area (Å²) < 4.78 is 4.90. The molecular formula is C9H12N2O2. The molecule has 1 rings (SSSR count). The number of anilines is 1. The van der Waals surface area contributed by atoms with Crippen LogP contribution in [-0.2, 0) is 16.1 Å². The van der Waals surface area contributed by atoms with Crippen LogP contribution in [0.25, 0.3) is 0 Å². The van der Waals surface area contributed by atoms with Gasteiger partial charge in [-0.2, -0.15) is 0 Å². The zero-order chi connectivity index (χ0) is 9.68. The molecule has 0 unspecified atom stereocenters. The van der Waals surface area contributed by atoms with Crippen LogP contribution >= 0.6 is 0 Å². The molecule has 1 aromatic heterocycles. The van der Waals surface area contributed by atoms with Gasteiger partial charge in [-0.05, 0) is 6.07 Å². The molecule has 0 saturated heterocycles. The van der Waals surface area contributed by atoms with Gasteiger partial charge < -0.3 is 10.5 Å². The Morgan fingerprint density at radius 2 is 2.46 bits per heavy atom. The summed E-state index contributed by atoms with van der Waals surface area (Å²) in [5, 5.41) is 0. The Morgan fingerprint density at radius 1 is 1.69 bits per heavy atom. The van der Waals surface area contributed by atoms with E-state index in [0.29, 0.717) is 12.2 Å². The van der Waals surface area contributed by atoms with Crippen molar-refractivity contribution in [3.63, 3.8) is 0 Å². The zero-order valence-electron chi connectivity index (χ0n) is 7.49. The van der Waals surface area contributed by atoms with E-state index in [1.165, 1.54) is 0 Å². The van der Waals surface area contributed by atoms with Crippen molar-refractivity contribution in [2.24, 2.45) is 0 Å². The molecule has 0 radical (unpaired) electrons. The van der Waals surface area contributed by atoms with E-state index in [0.717, 1.165) is 5.56 Å². The number of aromatic nitrogens is 1. The third-order valence-electron chi connectivity index (χ3n) is 1.60. The van der Waals surface area contributed by atoms with Gasteiger partial charge in [-0.25, -0.2) is 4.98 Å². The summed E-state index contributed by atoms with van der Waals surface area (Å²) in [5.74, 6) is 0.176. The lowest BCUT2D eigenvalue weighted by Crippen LogP contribution is -2.05. The summed E-state index contributed by atoms with van der Waals surface area (Å²) in [4.78, 5) is 14.7. The van der Waals surface area contributed by atoms with Gasteiger partial charge in [-0.1, -0.05) is 13.0 Å². The summed E-state index contributed by atoms with van der Waals surface area (Å²) in [6.45, 7) is 1.95. The van der Waals surface area contributed by atoms with Crippen molar-refractivity contribution in [2.45, 2.75) is 20.0 Å². The molecule has 0 fully saturated rings. The first kappa shape index (κ1) is 9.51. The highest BCUT2D eigenvalue weighted by Gasteiger charge is 2.02. The van der Waals surface area contributed by atoms with Crippen LogP contribution in [0.1, 0.15) is 18.9 Å². The van der Waals surface area contributed by atoms with E-state index in [2.05, 4.69) is 4.98 Å². The normalized spacial score (nSPS) is 9.62. The van der Waals surface area contributed by atoms with E-state index in [1.807, 2.05) is 0 Å². The van der Waals surface area contributed by atoms with Gasteiger partial charge in [0.1, 0.15) is 12.4 Å². The van der Waals surface area contributed by atoms with Crippen LogP contribution in [-0.4, -0.2) is 11.0 Å². The fourth-order valence-electron chi connectivity index (χ4n) is 0.833. The van der Waals surface area contributed by atoms with E-state index >= 15 is 0 Å². The molecule has 0 aliphatic rings. The molecule has 0 aliphatic heterocycles. The van der Waals surface area contributed by atoms with Crippen LogP contribution in [0.15, 0.2) is 18.3 Å². The zero-order valence-corrected chi connectivity index (χ0v) is 7.49. The van der Waals surface area contributed by atoms with Gasteiger partial charge in [0, 0.05) is 18.2 Å². The number of nitrogens with two attached hydrogens (primary N) is 1. The lowest BCUT2D eigenvalue weighted by atomic mass is 10.3. The molecule has 0 amide bonds. The smallest absolute Gasteiger partial charge is 0.305 e. The maximum absolute atomic E-state index is 10.8. The maximum atomic E-state index is 10.8. The minimum absolute atomic E-state index is 0.201. The fourth-order valence-corrected chi connectivity index (χ4v) is 0.833. The topological polar surface area (TPSA) is 65.2 Å². The third-order valence-corrected chi connectivity index (χ3v) is 1.60. The van der Waals surface area contributed by atoms with E-state index in [4.69, 9.17) is 10.5 Å². The second-order valence-corrected chi connectivity index (χ2v) is 2.56. The molecular weight excluding hydrogens is 168 g/mol. The molecule has 1 aromatic rings. The number of rotatable bonds is 3. The van der Waals surface area contributed by atoms with E-state index in [9.17, 15) is 4.79 Å². The van der Waals surface area contributed by atoms with Crippen molar-refractivity contribution in [3.05, 3.63) is 23.9 Å². The summed E-state index contributed by atoms with van der Waals surface area (Å²) in [5.41, 5.74) is 6.29. The highest BCUT2D eigenvalue weighted by atomic mass is 16.5. The van der Waals surface area contributed by atoms with Crippen LogP contribution < -0.4 is 5.73 Å². The summed E-state index contributed by atoms with van der Waals surface area (Å²) >= 11 is 0. The number of esters is 1. The Bertz CT molecular complexity index is 299.